The maximum Gasteiger partial charge on any atom is 0.299 e. The van der Waals surface area contributed by atoms with Gasteiger partial charge in [0, 0.05) is 7.11 Å². The SMILES string of the molecule is COC1=NC(OC)N=C(OCO)N1. The molecule has 0 bridgehead atoms. The third-order valence-electron chi connectivity index (χ3n) is 1.27. The van der Waals surface area contributed by atoms with Crippen molar-refractivity contribution in [2.75, 3.05) is 21.0 Å². The van der Waals surface area contributed by atoms with Gasteiger partial charge in [0.2, 0.25) is 0 Å². The minimum absolute atomic E-state index is 0.112. The number of nitrogens with one attached hydrogen (secondary N) is 1. The van der Waals surface area contributed by atoms with E-state index >= 15 is 0 Å². The molecule has 0 saturated carbocycles. The molecule has 1 unspecified atom stereocenters. The molecular formula is C6H11N3O4. The number of hydrogen-bond acceptors (Lipinski definition) is 7. The smallest absolute Gasteiger partial charge is 0.299 e. The molecule has 0 aromatic carbocycles. The van der Waals surface area contributed by atoms with Crippen LogP contribution in [0.4, 0.5) is 0 Å². The lowest BCUT2D eigenvalue weighted by atomic mass is 10.8. The number of methoxy groups -OCH3 is 2. The van der Waals surface area contributed by atoms with E-state index in [1.807, 2.05) is 0 Å². The van der Waals surface area contributed by atoms with Crippen LogP contribution in [0.25, 0.3) is 0 Å². The molecule has 1 aliphatic heterocycles. The van der Waals surface area contributed by atoms with Crippen molar-refractivity contribution >= 4 is 12.0 Å². The van der Waals surface area contributed by atoms with Crippen molar-refractivity contribution in [3.05, 3.63) is 0 Å². The van der Waals surface area contributed by atoms with Gasteiger partial charge in [0.05, 0.1) is 7.11 Å². The highest BCUT2D eigenvalue weighted by Crippen LogP contribution is 2.01. The van der Waals surface area contributed by atoms with Crippen LogP contribution in [0.3, 0.4) is 0 Å². The monoisotopic (exact) mass is 189 g/mol. The number of ether oxygens (including phenoxy) is 3. The predicted octanol–water partition coefficient (Wildman–Crippen LogP) is -1.16. The number of nitrogens with zero attached hydrogens (tertiary/aromatic N) is 2. The summed E-state index contributed by atoms with van der Waals surface area (Å²) in [4.78, 5) is 7.69. The van der Waals surface area contributed by atoms with E-state index in [1.54, 1.807) is 0 Å². The maximum atomic E-state index is 8.47. The Labute approximate surface area is 75.0 Å². The summed E-state index contributed by atoms with van der Waals surface area (Å²) in [5.41, 5.74) is 0. The zero-order chi connectivity index (χ0) is 9.68. The standard InChI is InChI=1S/C6H11N3O4/c1-11-4-7-5(12-2)9-6(8-4)13-3-10/h4,10H,3H2,1-2H3,(H,7,8,9). The van der Waals surface area contributed by atoms with Gasteiger partial charge in [-0.3, -0.25) is 5.32 Å². The summed E-state index contributed by atoms with van der Waals surface area (Å²) >= 11 is 0. The quantitative estimate of drug-likeness (QED) is 0.535. The zero-order valence-electron chi connectivity index (χ0n) is 7.35. The van der Waals surface area contributed by atoms with Crippen LogP contribution in [-0.4, -0.2) is 44.5 Å². The number of aliphatic hydroxyl groups excluding tert-OH is 1. The van der Waals surface area contributed by atoms with Crippen molar-refractivity contribution < 1.29 is 19.3 Å². The number of amidine groups is 2. The highest BCUT2D eigenvalue weighted by atomic mass is 16.6. The van der Waals surface area contributed by atoms with Crippen LogP contribution >= 0.6 is 0 Å². The second-order valence-corrected chi connectivity index (χ2v) is 2.03. The molecule has 2 N–H and O–H groups in total. The van der Waals surface area contributed by atoms with Crippen LogP contribution in [0, 0.1) is 0 Å². The van der Waals surface area contributed by atoms with Gasteiger partial charge in [-0.1, -0.05) is 0 Å². The summed E-state index contributed by atoms with van der Waals surface area (Å²) in [7, 11) is 2.90. The fraction of sp³-hybridized carbons (Fsp3) is 0.667. The number of hydrogen-bond donors (Lipinski definition) is 2. The molecule has 1 rings (SSSR count). The molecule has 0 fully saturated rings. The Morgan fingerprint density at radius 1 is 1.38 bits per heavy atom. The van der Waals surface area contributed by atoms with Crippen LogP contribution in [0.5, 0.6) is 0 Å². The normalized spacial score (nSPS) is 21.3. The highest BCUT2D eigenvalue weighted by molar-refractivity contribution is 5.94. The van der Waals surface area contributed by atoms with E-state index in [4.69, 9.17) is 19.3 Å². The number of aliphatic imine (C=N–C) groups is 2. The molecule has 0 saturated heterocycles. The van der Waals surface area contributed by atoms with E-state index in [9.17, 15) is 0 Å². The first-order valence-electron chi connectivity index (χ1n) is 3.53. The summed E-state index contributed by atoms with van der Waals surface area (Å²) in [6.45, 7) is -0.473. The molecule has 1 heterocycles. The average Bonchev–Trinajstić information content (AvgIpc) is 2.17. The van der Waals surface area contributed by atoms with E-state index in [1.165, 1.54) is 14.2 Å². The Morgan fingerprint density at radius 2 is 2.08 bits per heavy atom. The Kier molecular flexibility index (Phi) is 3.47. The predicted molar refractivity (Wildman–Crippen MR) is 44.0 cm³/mol. The maximum absolute atomic E-state index is 8.47. The van der Waals surface area contributed by atoms with Gasteiger partial charge in [0.25, 0.3) is 18.4 Å². The molecule has 0 amide bonds. The Bertz CT molecular complexity index is 228. The topological polar surface area (TPSA) is 84.7 Å². The first kappa shape index (κ1) is 9.75. The summed E-state index contributed by atoms with van der Waals surface area (Å²) in [6.07, 6.45) is -0.697. The third-order valence-corrected chi connectivity index (χ3v) is 1.27. The van der Waals surface area contributed by atoms with Gasteiger partial charge in [0.1, 0.15) is 0 Å². The molecule has 0 aliphatic carbocycles. The second kappa shape index (κ2) is 4.63. The number of aliphatic hydroxyl groups is 1. The van der Waals surface area contributed by atoms with Gasteiger partial charge in [-0.25, -0.2) is 0 Å². The van der Waals surface area contributed by atoms with Crippen molar-refractivity contribution in [3.63, 3.8) is 0 Å². The van der Waals surface area contributed by atoms with Crippen molar-refractivity contribution in [1.82, 2.24) is 5.32 Å². The summed E-state index contributed by atoms with van der Waals surface area (Å²) < 4.78 is 14.4. The van der Waals surface area contributed by atoms with Crippen molar-refractivity contribution in [1.29, 1.82) is 0 Å². The Hall–Kier alpha value is -1.34. The summed E-state index contributed by atoms with van der Waals surface area (Å²) in [5, 5.41) is 11.1. The van der Waals surface area contributed by atoms with E-state index in [-0.39, 0.29) is 12.0 Å². The van der Waals surface area contributed by atoms with Gasteiger partial charge >= 0.3 is 0 Å². The van der Waals surface area contributed by atoms with Crippen molar-refractivity contribution in [3.8, 4) is 0 Å². The Balaban J connectivity index is 2.63. The fourth-order valence-corrected chi connectivity index (χ4v) is 0.729. The van der Waals surface area contributed by atoms with Gasteiger partial charge < -0.3 is 19.3 Å². The third kappa shape index (κ3) is 2.56. The molecule has 13 heavy (non-hydrogen) atoms. The zero-order valence-corrected chi connectivity index (χ0v) is 7.35. The van der Waals surface area contributed by atoms with Crippen LogP contribution in [0.15, 0.2) is 9.98 Å². The van der Waals surface area contributed by atoms with Crippen molar-refractivity contribution in [2.45, 2.75) is 6.35 Å². The Morgan fingerprint density at radius 3 is 2.62 bits per heavy atom. The molecule has 0 aromatic rings. The number of rotatable bonds is 2. The van der Waals surface area contributed by atoms with Gasteiger partial charge in [-0.05, 0) is 0 Å². The summed E-state index contributed by atoms with van der Waals surface area (Å²) in [6, 6.07) is 0.339. The molecule has 7 nitrogen and oxygen atoms in total. The minimum Gasteiger partial charge on any atom is -0.468 e. The van der Waals surface area contributed by atoms with Crippen LogP contribution in [0.2, 0.25) is 0 Å². The van der Waals surface area contributed by atoms with E-state index < -0.39 is 13.1 Å². The lowest BCUT2D eigenvalue weighted by molar-refractivity contribution is 0.0714. The molecular weight excluding hydrogens is 178 g/mol. The van der Waals surface area contributed by atoms with Gasteiger partial charge in [-0.2, -0.15) is 9.98 Å². The molecule has 0 radical (unpaired) electrons. The second-order valence-electron chi connectivity index (χ2n) is 2.03. The summed E-state index contributed by atoms with van der Waals surface area (Å²) in [5.74, 6) is 0. The highest BCUT2D eigenvalue weighted by Gasteiger charge is 2.16. The minimum atomic E-state index is -0.697. The molecule has 74 valence electrons. The van der Waals surface area contributed by atoms with E-state index in [0.717, 1.165) is 0 Å². The van der Waals surface area contributed by atoms with Gasteiger partial charge in [-0.15, -0.1) is 0 Å². The molecule has 0 spiro atoms. The molecule has 7 heteroatoms. The first-order chi connectivity index (χ1) is 6.30. The first-order valence-corrected chi connectivity index (χ1v) is 3.53. The molecule has 1 aliphatic rings. The fourth-order valence-electron chi connectivity index (χ4n) is 0.729. The molecule has 0 aromatic heterocycles. The average molecular weight is 189 g/mol. The van der Waals surface area contributed by atoms with E-state index in [2.05, 4.69) is 15.3 Å². The largest absolute Gasteiger partial charge is 0.468 e. The molecule has 1 atom stereocenters. The van der Waals surface area contributed by atoms with Gasteiger partial charge in [0.15, 0.2) is 6.79 Å². The van der Waals surface area contributed by atoms with Crippen molar-refractivity contribution in [2.24, 2.45) is 9.98 Å². The lowest BCUT2D eigenvalue weighted by Crippen LogP contribution is -2.39. The van der Waals surface area contributed by atoms with Crippen LogP contribution in [-0.2, 0) is 14.2 Å². The lowest BCUT2D eigenvalue weighted by Gasteiger charge is -2.17. The van der Waals surface area contributed by atoms with E-state index in [0.29, 0.717) is 0 Å². The van der Waals surface area contributed by atoms with Crippen LogP contribution in [0.1, 0.15) is 0 Å². The van der Waals surface area contributed by atoms with Crippen LogP contribution < -0.4 is 5.32 Å².